The number of amides is 1. The number of benzene rings is 1. The van der Waals surface area contributed by atoms with E-state index in [0.717, 1.165) is 16.3 Å². The molecule has 3 nitrogen and oxygen atoms in total. The maximum absolute atomic E-state index is 11.3. The lowest BCUT2D eigenvalue weighted by Crippen LogP contribution is -2.35. The van der Waals surface area contributed by atoms with Crippen LogP contribution in [0.15, 0.2) is 29.3 Å². The van der Waals surface area contributed by atoms with Crippen LogP contribution in [0.3, 0.4) is 0 Å². The number of amidine groups is 1. The average Bonchev–Trinajstić information content (AvgIpc) is 2.27. The van der Waals surface area contributed by atoms with Crippen LogP contribution in [0, 0.1) is 0 Å². The lowest BCUT2D eigenvalue weighted by molar-refractivity contribution is -0.120. The Bertz CT molecular complexity index is 444. The number of aliphatic imine (C=N–C) groups is 1. The van der Waals surface area contributed by atoms with Crippen molar-refractivity contribution in [1.29, 1.82) is 0 Å². The van der Waals surface area contributed by atoms with Crippen LogP contribution in [-0.2, 0) is 10.5 Å². The average molecular weight is 269 g/mol. The molecule has 5 heteroatoms. The predicted octanol–water partition coefficient (Wildman–Crippen LogP) is 2.84. The normalized spacial score (nSPS) is 19.8. The molecule has 0 spiro atoms. The Hall–Kier alpha value is -1.00. The highest BCUT2D eigenvalue weighted by Crippen LogP contribution is 2.18. The zero-order valence-corrected chi connectivity index (χ0v) is 11.0. The zero-order valence-electron chi connectivity index (χ0n) is 9.44. The van der Waals surface area contributed by atoms with Crippen LogP contribution in [0.4, 0.5) is 0 Å². The molecule has 1 aromatic carbocycles. The van der Waals surface area contributed by atoms with Crippen LogP contribution in [0.2, 0.25) is 5.02 Å². The SMILES string of the molecule is CC1CC(=O)NC(SCc2ccc(Cl)cc2)=N1. The third kappa shape index (κ3) is 3.75. The van der Waals surface area contributed by atoms with Gasteiger partial charge in [-0.3, -0.25) is 9.79 Å². The summed E-state index contributed by atoms with van der Waals surface area (Å²) in [6.07, 6.45) is 0.477. The van der Waals surface area contributed by atoms with E-state index in [-0.39, 0.29) is 11.9 Å². The van der Waals surface area contributed by atoms with Crippen LogP contribution >= 0.6 is 23.4 Å². The number of hydrogen-bond acceptors (Lipinski definition) is 3. The molecule has 0 saturated heterocycles. The molecule has 1 aromatic rings. The molecule has 1 atom stereocenters. The molecular weight excluding hydrogens is 256 g/mol. The Morgan fingerprint density at radius 2 is 2.18 bits per heavy atom. The molecule has 1 unspecified atom stereocenters. The van der Waals surface area contributed by atoms with E-state index in [1.807, 2.05) is 31.2 Å². The minimum absolute atomic E-state index is 0.0473. The Morgan fingerprint density at radius 1 is 1.47 bits per heavy atom. The molecule has 1 N–H and O–H groups in total. The molecule has 90 valence electrons. The van der Waals surface area contributed by atoms with E-state index in [1.165, 1.54) is 11.8 Å². The molecule has 17 heavy (non-hydrogen) atoms. The Balaban J connectivity index is 1.94. The van der Waals surface area contributed by atoms with Gasteiger partial charge in [-0.25, -0.2) is 0 Å². The molecule has 1 amide bonds. The molecule has 0 saturated carbocycles. The molecule has 0 aromatic heterocycles. The van der Waals surface area contributed by atoms with Crippen LogP contribution < -0.4 is 5.32 Å². The van der Waals surface area contributed by atoms with Gasteiger partial charge in [-0.15, -0.1) is 0 Å². The third-order valence-corrected chi connectivity index (χ3v) is 3.56. The fourth-order valence-corrected chi connectivity index (χ4v) is 2.58. The maximum atomic E-state index is 11.3. The molecule has 1 heterocycles. The van der Waals surface area contributed by atoms with E-state index in [9.17, 15) is 4.79 Å². The standard InChI is InChI=1S/C12H13ClN2OS/c1-8-6-11(16)15-12(14-8)17-7-9-2-4-10(13)5-3-9/h2-5,8H,6-7H2,1H3,(H,14,15,16). The summed E-state index contributed by atoms with van der Waals surface area (Å²) < 4.78 is 0. The summed E-state index contributed by atoms with van der Waals surface area (Å²) >= 11 is 7.35. The van der Waals surface area contributed by atoms with Crippen molar-refractivity contribution in [1.82, 2.24) is 5.32 Å². The zero-order chi connectivity index (χ0) is 12.3. The third-order valence-electron chi connectivity index (χ3n) is 2.35. The second-order valence-corrected chi connectivity index (χ2v) is 5.35. The molecular formula is C12H13ClN2OS. The van der Waals surface area contributed by atoms with Gasteiger partial charge in [0.15, 0.2) is 5.17 Å². The van der Waals surface area contributed by atoms with Crippen LogP contribution in [0.1, 0.15) is 18.9 Å². The van der Waals surface area contributed by atoms with Gasteiger partial charge in [-0.05, 0) is 24.6 Å². The fourth-order valence-electron chi connectivity index (χ4n) is 1.52. The summed E-state index contributed by atoms with van der Waals surface area (Å²) in [7, 11) is 0. The second-order valence-electron chi connectivity index (χ2n) is 3.95. The van der Waals surface area contributed by atoms with E-state index in [0.29, 0.717) is 11.6 Å². The lowest BCUT2D eigenvalue weighted by atomic mass is 10.2. The fraction of sp³-hybridized carbons (Fsp3) is 0.333. The summed E-state index contributed by atoms with van der Waals surface area (Å²) in [6, 6.07) is 7.76. The number of halogens is 1. The first-order chi connectivity index (χ1) is 8.13. The van der Waals surface area contributed by atoms with E-state index >= 15 is 0 Å². The van der Waals surface area contributed by atoms with Crippen LogP contribution in [-0.4, -0.2) is 17.1 Å². The second kappa shape index (κ2) is 5.56. The molecule has 0 bridgehead atoms. The van der Waals surface area contributed by atoms with E-state index in [4.69, 9.17) is 11.6 Å². The van der Waals surface area contributed by atoms with Gasteiger partial charge in [-0.1, -0.05) is 35.5 Å². The van der Waals surface area contributed by atoms with Crippen molar-refractivity contribution in [2.75, 3.05) is 0 Å². The van der Waals surface area contributed by atoms with E-state index in [2.05, 4.69) is 10.3 Å². The Labute approximate surface area is 110 Å². The van der Waals surface area contributed by atoms with Crippen LogP contribution in [0.5, 0.6) is 0 Å². The predicted molar refractivity (Wildman–Crippen MR) is 72.4 cm³/mol. The van der Waals surface area contributed by atoms with Gasteiger partial charge in [0, 0.05) is 17.2 Å². The van der Waals surface area contributed by atoms with Crippen molar-refractivity contribution >= 4 is 34.4 Å². The molecule has 2 rings (SSSR count). The van der Waals surface area contributed by atoms with Gasteiger partial charge in [0.1, 0.15) is 0 Å². The Kier molecular flexibility index (Phi) is 4.07. The van der Waals surface area contributed by atoms with Gasteiger partial charge in [-0.2, -0.15) is 0 Å². The highest BCUT2D eigenvalue weighted by molar-refractivity contribution is 8.13. The number of thioether (sulfide) groups is 1. The maximum Gasteiger partial charge on any atom is 0.228 e. The van der Waals surface area contributed by atoms with E-state index < -0.39 is 0 Å². The van der Waals surface area contributed by atoms with Gasteiger partial charge in [0.05, 0.1) is 6.04 Å². The highest BCUT2D eigenvalue weighted by atomic mass is 35.5. The van der Waals surface area contributed by atoms with Crippen molar-refractivity contribution in [3.63, 3.8) is 0 Å². The summed E-state index contributed by atoms with van der Waals surface area (Å²) in [5.74, 6) is 0.828. The van der Waals surface area contributed by atoms with Gasteiger partial charge in [0.25, 0.3) is 0 Å². The monoisotopic (exact) mass is 268 g/mol. The lowest BCUT2D eigenvalue weighted by Gasteiger charge is -2.17. The van der Waals surface area contributed by atoms with Crippen molar-refractivity contribution in [3.8, 4) is 0 Å². The molecule has 1 aliphatic heterocycles. The summed E-state index contributed by atoms with van der Waals surface area (Å²) in [4.78, 5) is 15.7. The first-order valence-corrected chi connectivity index (χ1v) is 6.75. The van der Waals surface area contributed by atoms with Crippen molar-refractivity contribution in [3.05, 3.63) is 34.9 Å². The van der Waals surface area contributed by atoms with Gasteiger partial charge >= 0.3 is 0 Å². The number of rotatable bonds is 2. The van der Waals surface area contributed by atoms with E-state index in [1.54, 1.807) is 0 Å². The minimum atomic E-state index is 0.0473. The minimum Gasteiger partial charge on any atom is -0.305 e. The molecule has 1 aliphatic rings. The topological polar surface area (TPSA) is 41.5 Å². The smallest absolute Gasteiger partial charge is 0.228 e. The van der Waals surface area contributed by atoms with Crippen LogP contribution in [0.25, 0.3) is 0 Å². The van der Waals surface area contributed by atoms with Gasteiger partial charge < -0.3 is 5.32 Å². The number of carbonyl (C=O) groups excluding carboxylic acids is 1. The quantitative estimate of drug-likeness (QED) is 0.896. The van der Waals surface area contributed by atoms with Crippen molar-refractivity contribution < 1.29 is 4.79 Å². The van der Waals surface area contributed by atoms with Crippen molar-refractivity contribution in [2.24, 2.45) is 4.99 Å². The van der Waals surface area contributed by atoms with Gasteiger partial charge in [0.2, 0.25) is 5.91 Å². The largest absolute Gasteiger partial charge is 0.305 e. The molecule has 0 radical (unpaired) electrons. The molecule has 0 aliphatic carbocycles. The molecule has 0 fully saturated rings. The highest BCUT2D eigenvalue weighted by Gasteiger charge is 2.17. The number of hydrogen-bond donors (Lipinski definition) is 1. The number of nitrogens with zero attached hydrogens (tertiary/aromatic N) is 1. The summed E-state index contributed by atoms with van der Waals surface area (Å²) in [5.41, 5.74) is 1.16. The Morgan fingerprint density at radius 3 is 2.82 bits per heavy atom. The van der Waals surface area contributed by atoms with Crippen molar-refractivity contribution in [2.45, 2.75) is 25.1 Å². The number of carbonyl (C=O) groups is 1. The first kappa shape index (κ1) is 12.5. The first-order valence-electron chi connectivity index (χ1n) is 5.38. The summed E-state index contributed by atoms with van der Waals surface area (Å²) in [5, 5.41) is 4.22. The summed E-state index contributed by atoms with van der Waals surface area (Å²) in [6.45, 7) is 1.95. The number of nitrogens with one attached hydrogen (secondary N) is 1.